The molecule has 0 fully saturated rings. The molecule has 12 heavy (non-hydrogen) atoms. The molecule has 0 saturated heterocycles. The van der Waals surface area contributed by atoms with E-state index in [2.05, 4.69) is 0 Å². The van der Waals surface area contributed by atoms with Crippen molar-refractivity contribution in [2.45, 2.75) is 11.8 Å². The van der Waals surface area contributed by atoms with Crippen molar-refractivity contribution in [3.63, 3.8) is 0 Å². The van der Waals surface area contributed by atoms with Crippen molar-refractivity contribution in [3.8, 4) is 0 Å². The normalized spacial score (nSPS) is 15.2. The topological polar surface area (TPSA) is 0 Å². The van der Waals surface area contributed by atoms with Gasteiger partial charge in [-0.15, -0.1) is 0 Å². The molecule has 70 valence electrons. The number of hydrogen-bond donors (Lipinski definition) is 1. The molecule has 4 heteroatoms. The van der Waals surface area contributed by atoms with E-state index in [1.165, 1.54) is 12.1 Å². The van der Waals surface area contributed by atoms with Crippen LogP contribution >= 0.6 is 10.3 Å². The summed E-state index contributed by atoms with van der Waals surface area (Å²) in [7, 11) is -6.02. The molecule has 0 unspecified atom stereocenters. The lowest BCUT2D eigenvalue weighted by Gasteiger charge is -2.33. The highest BCUT2D eigenvalue weighted by Crippen LogP contribution is 2.77. The van der Waals surface area contributed by atoms with Gasteiger partial charge >= 0.3 is 0 Å². The number of aryl methyl sites for hydroxylation is 1. The third kappa shape index (κ3) is 2.17. The number of thiol groups is 1. The number of hydrogen-bond acceptors (Lipinski definition) is 0. The molecule has 0 N–H and O–H groups in total. The first-order valence-corrected chi connectivity index (χ1v) is 5.86. The lowest BCUT2D eigenvalue weighted by atomic mass is 10.2. The second-order valence-corrected chi connectivity index (χ2v) is 5.88. The summed E-state index contributed by atoms with van der Waals surface area (Å²) in [5.74, 6) is 0. The van der Waals surface area contributed by atoms with Gasteiger partial charge in [-0.1, -0.05) is 17.7 Å². The summed E-state index contributed by atoms with van der Waals surface area (Å²) in [5, 5.41) is 0. The van der Waals surface area contributed by atoms with E-state index in [1.807, 2.05) is 0 Å². The van der Waals surface area contributed by atoms with Crippen LogP contribution in [0.4, 0.5) is 11.7 Å². The lowest BCUT2D eigenvalue weighted by Crippen LogP contribution is -1.95. The van der Waals surface area contributed by atoms with Gasteiger partial charge in [0.25, 0.3) is 0 Å². The van der Waals surface area contributed by atoms with Crippen LogP contribution in [-0.4, -0.2) is 6.26 Å². The van der Waals surface area contributed by atoms with Gasteiger partial charge < -0.3 is 0 Å². The van der Waals surface area contributed by atoms with Gasteiger partial charge in [0, 0.05) is 11.2 Å². The van der Waals surface area contributed by atoms with Gasteiger partial charge in [0.1, 0.15) is 0 Å². The van der Waals surface area contributed by atoms with Crippen LogP contribution in [-0.2, 0) is 0 Å². The monoisotopic (exact) mass is 196 g/mol. The Morgan fingerprint density at radius 2 is 1.42 bits per heavy atom. The lowest BCUT2D eigenvalue weighted by molar-refractivity contribution is 0.600. The van der Waals surface area contributed by atoms with E-state index in [4.69, 9.17) is 0 Å². The molecule has 1 rings (SSSR count). The van der Waals surface area contributed by atoms with E-state index >= 15 is 0 Å². The minimum Gasteiger partial charge on any atom is -0.151 e. The molecule has 0 nitrogen and oxygen atoms in total. The van der Waals surface area contributed by atoms with Gasteiger partial charge in [0.15, 0.2) is 0 Å². The average molecular weight is 196 g/mol. The first kappa shape index (κ1) is 9.45. The molecule has 0 aromatic heterocycles. The zero-order chi connectivity index (χ0) is 9.43. The maximum Gasteiger partial charge on any atom is 0.0655 e. The van der Waals surface area contributed by atoms with E-state index in [1.54, 1.807) is 6.92 Å². The molecule has 0 aliphatic heterocycles. The predicted octanol–water partition coefficient (Wildman–Crippen LogP) is 3.71. The minimum absolute atomic E-state index is 0.385. The van der Waals surface area contributed by atoms with Crippen molar-refractivity contribution in [3.05, 3.63) is 29.8 Å². The van der Waals surface area contributed by atoms with Crippen LogP contribution in [0.25, 0.3) is 0 Å². The molecule has 0 atom stereocenters. The van der Waals surface area contributed by atoms with Crippen molar-refractivity contribution >= 4 is 10.3 Å². The molecular weight excluding hydrogens is 185 g/mol. The van der Waals surface area contributed by atoms with Crippen LogP contribution in [0.5, 0.6) is 0 Å². The summed E-state index contributed by atoms with van der Waals surface area (Å²) < 4.78 is 38.2. The third-order valence-corrected chi connectivity index (χ3v) is 2.99. The van der Waals surface area contributed by atoms with Gasteiger partial charge in [-0.3, -0.25) is 0 Å². The Hall–Kier alpha value is -0.640. The standard InChI is InChI=1S/C8H11F3S/c1-7-3-5-8(6-4-7)12(2,9,10)11/h3-6,12H,1-2H3. The zero-order valence-corrected chi connectivity index (χ0v) is 7.78. The van der Waals surface area contributed by atoms with Crippen molar-refractivity contribution in [1.29, 1.82) is 0 Å². The summed E-state index contributed by atoms with van der Waals surface area (Å²) in [6.45, 7) is 1.77. The molecule has 0 bridgehead atoms. The zero-order valence-electron chi connectivity index (χ0n) is 6.89. The first-order chi connectivity index (χ1) is 5.26. The van der Waals surface area contributed by atoms with Gasteiger partial charge in [-0.25, -0.2) is 0 Å². The van der Waals surface area contributed by atoms with E-state index in [9.17, 15) is 11.7 Å². The van der Waals surface area contributed by atoms with Crippen LogP contribution in [0.3, 0.4) is 0 Å². The number of rotatable bonds is 1. The fourth-order valence-electron chi connectivity index (χ4n) is 0.863. The van der Waals surface area contributed by atoms with Crippen molar-refractivity contribution in [2.75, 3.05) is 6.26 Å². The van der Waals surface area contributed by atoms with E-state index < -0.39 is 15.2 Å². The quantitative estimate of drug-likeness (QED) is 0.650. The molecule has 0 amide bonds. The molecule has 1 aromatic rings. The van der Waals surface area contributed by atoms with Crippen molar-refractivity contribution in [2.24, 2.45) is 0 Å². The van der Waals surface area contributed by atoms with Gasteiger partial charge in [0.05, 0.1) is 10.3 Å². The minimum atomic E-state index is -6.02. The third-order valence-electron chi connectivity index (χ3n) is 1.58. The smallest absolute Gasteiger partial charge is 0.0655 e. The highest BCUT2D eigenvalue weighted by molar-refractivity contribution is 8.37. The Balaban J connectivity index is 3.15. The molecule has 0 spiro atoms. The molecule has 0 aliphatic rings. The second-order valence-electron chi connectivity index (χ2n) is 3.01. The molecule has 1 aromatic carbocycles. The Kier molecular flexibility index (Phi) is 1.91. The van der Waals surface area contributed by atoms with Crippen molar-refractivity contribution < 1.29 is 11.7 Å². The Labute approximate surface area is 70.6 Å². The maximum absolute atomic E-state index is 12.7. The predicted molar refractivity (Wildman–Crippen MR) is 47.7 cm³/mol. The summed E-state index contributed by atoms with van der Waals surface area (Å²) in [5.41, 5.74) is 0.846. The average Bonchev–Trinajstić information content (AvgIpc) is 1.84. The second kappa shape index (κ2) is 2.42. The largest absolute Gasteiger partial charge is 0.151 e. The summed E-state index contributed by atoms with van der Waals surface area (Å²) >= 11 is 0. The van der Waals surface area contributed by atoms with Gasteiger partial charge in [-0.2, -0.15) is 11.7 Å². The van der Waals surface area contributed by atoms with E-state index in [0.29, 0.717) is 6.26 Å². The molecule has 0 saturated carbocycles. The Bertz CT molecular complexity index is 274. The molecule has 0 aliphatic carbocycles. The van der Waals surface area contributed by atoms with Crippen LogP contribution < -0.4 is 0 Å². The SMILES string of the molecule is Cc1ccc([SH](C)(F)(F)F)cc1. The molecule has 0 heterocycles. The van der Waals surface area contributed by atoms with Crippen LogP contribution in [0.1, 0.15) is 5.56 Å². The molecular formula is C8H11F3S. The Morgan fingerprint density at radius 3 is 1.75 bits per heavy atom. The number of benzene rings is 1. The maximum atomic E-state index is 12.7. The fourth-order valence-corrected chi connectivity index (χ4v) is 1.65. The van der Waals surface area contributed by atoms with Crippen LogP contribution in [0.2, 0.25) is 0 Å². The molecule has 0 radical (unpaired) electrons. The Morgan fingerprint density at radius 1 is 1.00 bits per heavy atom. The van der Waals surface area contributed by atoms with E-state index in [-0.39, 0.29) is 0 Å². The van der Waals surface area contributed by atoms with Gasteiger partial charge in [0.2, 0.25) is 0 Å². The highest BCUT2D eigenvalue weighted by atomic mass is 32.4. The summed E-state index contributed by atoms with van der Waals surface area (Å²) in [4.78, 5) is -0.480. The number of halogens is 3. The van der Waals surface area contributed by atoms with Crippen LogP contribution in [0, 0.1) is 6.92 Å². The summed E-state index contributed by atoms with van der Waals surface area (Å²) in [6.07, 6.45) is 0.385. The van der Waals surface area contributed by atoms with E-state index in [0.717, 1.165) is 17.7 Å². The first-order valence-electron chi connectivity index (χ1n) is 3.50. The fraction of sp³-hybridized carbons (Fsp3) is 0.250. The van der Waals surface area contributed by atoms with Gasteiger partial charge in [-0.05, 0) is 19.1 Å². The highest BCUT2D eigenvalue weighted by Gasteiger charge is 2.33. The summed E-state index contributed by atoms with van der Waals surface area (Å²) in [6, 6.07) is 5.26. The van der Waals surface area contributed by atoms with Crippen molar-refractivity contribution in [1.82, 2.24) is 0 Å². The van der Waals surface area contributed by atoms with Crippen LogP contribution in [0.15, 0.2) is 29.2 Å².